The van der Waals surface area contributed by atoms with Gasteiger partial charge in [-0.15, -0.1) is 0 Å². The monoisotopic (exact) mass is 472 g/mol. The van der Waals surface area contributed by atoms with Gasteiger partial charge in [-0.05, 0) is 81.4 Å². The average molecular weight is 473 g/mol. The van der Waals surface area contributed by atoms with Crippen molar-refractivity contribution in [1.82, 2.24) is 4.90 Å². The van der Waals surface area contributed by atoms with Gasteiger partial charge in [0.15, 0.2) is 0 Å². The summed E-state index contributed by atoms with van der Waals surface area (Å²) in [7, 11) is 2.18. The number of aldehydes is 1. The molecule has 2 aromatic rings. The SMILES string of the molecule is CC1CCN(C)C1.CCc1ccccc1F.Cc1ccc(C#N)c(Cl)c1.O=CC1CCCC1. The van der Waals surface area contributed by atoms with E-state index >= 15 is 0 Å². The number of likely N-dealkylation sites (tertiary alicyclic amines) is 1. The Morgan fingerprint density at radius 2 is 1.85 bits per heavy atom. The van der Waals surface area contributed by atoms with Gasteiger partial charge in [-0.2, -0.15) is 5.26 Å². The number of benzene rings is 2. The molecule has 33 heavy (non-hydrogen) atoms. The molecule has 1 unspecified atom stereocenters. The van der Waals surface area contributed by atoms with Crippen molar-refractivity contribution < 1.29 is 9.18 Å². The average Bonchev–Trinajstić information content (AvgIpc) is 3.47. The van der Waals surface area contributed by atoms with Crippen LogP contribution in [-0.2, 0) is 11.2 Å². The summed E-state index contributed by atoms with van der Waals surface area (Å²) in [6, 6.07) is 14.2. The van der Waals surface area contributed by atoms with Crippen LogP contribution >= 0.6 is 11.6 Å². The topological polar surface area (TPSA) is 44.1 Å². The molecular weight excluding hydrogens is 435 g/mol. The molecule has 1 atom stereocenters. The lowest BCUT2D eigenvalue weighted by Gasteiger charge is -2.03. The minimum Gasteiger partial charge on any atom is -0.306 e. The smallest absolute Gasteiger partial charge is 0.126 e. The first-order valence-corrected chi connectivity index (χ1v) is 12.2. The Kier molecular flexibility index (Phi) is 14.3. The van der Waals surface area contributed by atoms with Crippen LogP contribution in [-0.4, -0.2) is 31.3 Å². The molecule has 5 heteroatoms. The molecule has 1 aliphatic carbocycles. The van der Waals surface area contributed by atoms with E-state index in [1.165, 1.54) is 38.4 Å². The van der Waals surface area contributed by atoms with E-state index in [2.05, 4.69) is 18.9 Å². The van der Waals surface area contributed by atoms with Crippen LogP contribution in [0.15, 0.2) is 42.5 Å². The minimum absolute atomic E-state index is 0.0972. The van der Waals surface area contributed by atoms with E-state index in [-0.39, 0.29) is 5.82 Å². The summed E-state index contributed by atoms with van der Waals surface area (Å²) >= 11 is 5.71. The highest BCUT2D eigenvalue weighted by Crippen LogP contribution is 2.22. The highest BCUT2D eigenvalue weighted by molar-refractivity contribution is 6.31. The molecule has 1 aliphatic heterocycles. The fourth-order valence-electron chi connectivity index (χ4n) is 3.74. The zero-order valence-corrected chi connectivity index (χ0v) is 21.2. The molecular formula is C28H38ClFN2O. The first kappa shape index (κ1) is 28.8. The summed E-state index contributed by atoms with van der Waals surface area (Å²) in [5, 5.41) is 9.00. The molecule has 1 saturated carbocycles. The molecule has 0 N–H and O–H groups in total. The lowest BCUT2D eigenvalue weighted by molar-refractivity contribution is -0.110. The van der Waals surface area contributed by atoms with E-state index in [1.54, 1.807) is 24.3 Å². The van der Waals surface area contributed by atoms with Crippen LogP contribution in [0.4, 0.5) is 4.39 Å². The molecule has 0 aromatic heterocycles. The normalized spacial score (nSPS) is 17.4. The molecule has 0 radical (unpaired) electrons. The van der Waals surface area contributed by atoms with Gasteiger partial charge in [0.2, 0.25) is 0 Å². The molecule has 0 bridgehead atoms. The van der Waals surface area contributed by atoms with Crippen molar-refractivity contribution in [3.05, 3.63) is 70.0 Å². The molecule has 0 amide bonds. The number of rotatable bonds is 2. The minimum atomic E-state index is -0.0972. The number of halogens is 2. The van der Waals surface area contributed by atoms with Gasteiger partial charge in [-0.1, -0.05) is 62.6 Å². The summed E-state index contributed by atoms with van der Waals surface area (Å²) in [6.45, 7) is 8.80. The van der Waals surface area contributed by atoms with E-state index in [4.69, 9.17) is 16.9 Å². The Balaban J connectivity index is 0.000000222. The van der Waals surface area contributed by atoms with Gasteiger partial charge in [0.05, 0.1) is 10.6 Å². The number of nitrogens with zero attached hydrogens (tertiary/aromatic N) is 2. The van der Waals surface area contributed by atoms with Gasteiger partial charge >= 0.3 is 0 Å². The third-order valence-corrected chi connectivity index (χ3v) is 6.12. The maximum atomic E-state index is 12.6. The Morgan fingerprint density at radius 3 is 2.21 bits per heavy atom. The Labute approximate surface area is 204 Å². The predicted molar refractivity (Wildman–Crippen MR) is 136 cm³/mol. The van der Waals surface area contributed by atoms with Crippen LogP contribution in [0.1, 0.15) is 62.6 Å². The maximum absolute atomic E-state index is 12.6. The molecule has 2 aromatic carbocycles. The molecule has 1 saturated heterocycles. The lowest BCUT2D eigenvalue weighted by Crippen LogP contribution is -2.12. The largest absolute Gasteiger partial charge is 0.306 e. The Morgan fingerprint density at radius 1 is 1.18 bits per heavy atom. The second kappa shape index (κ2) is 16.4. The van der Waals surface area contributed by atoms with E-state index in [1.807, 2.05) is 32.0 Å². The number of nitriles is 1. The van der Waals surface area contributed by atoms with Crippen LogP contribution in [0.2, 0.25) is 5.02 Å². The fraction of sp³-hybridized carbons (Fsp3) is 0.500. The first-order valence-electron chi connectivity index (χ1n) is 11.8. The molecule has 3 nitrogen and oxygen atoms in total. The van der Waals surface area contributed by atoms with Crippen molar-refractivity contribution in [1.29, 1.82) is 5.26 Å². The van der Waals surface area contributed by atoms with Crippen molar-refractivity contribution in [2.24, 2.45) is 11.8 Å². The number of hydrogen-bond donors (Lipinski definition) is 0. The van der Waals surface area contributed by atoms with Crippen LogP contribution in [0.3, 0.4) is 0 Å². The van der Waals surface area contributed by atoms with Gasteiger partial charge in [-0.3, -0.25) is 0 Å². The third-order valence-electron chi connectivity index (χ3n) is 5.80. The maximum Gasteiger partial charge on any atom is 0.126 e. The summed E-state index contributed by atoms with van der Waals surface area (Å²) in [5.41, 5.74) is 2.40. The van der Waals surface area contributed by atoms with Gasteiger partial charge in [0.1, 0.15) is 18.2 Å². The van der Waals surface area contributed by atoms with Crippen LogP contribution in [0.5, 0.6) is 0 Å². The van der Waals surface area contributed by atoms with Gasteiger partial charge < -0.3 is 9.69 Å². The second-order valence-corrected chi connectivity index (χ2v) is 9.28. The number of aryl methyl sites for hydroxylation is 2. The summed E-state index contributed by atoms with van der Waals surface area (Å²) < 4.78 is 12.6. The van der Waals surface area contributed by atoms with Crippen molar-refractivity contribution >= 4 is 17.9 Å². The number of carbonyl (C=O) groups is 1. The van der Waals surface area contributed by atoms with Gasteiger partial charge in [0.25, 0.3) is 0 Å². The summed E-state index contributed by atoms with van der Waals surface area (Å²) in [5.74, 6) is 1.27. The fourth-order valence-corrected chi connectivity index (χ4v) is 4.02. The van der Waals surface area contributed by atoms with Crippen molar-refractivity contribution in [3.63, 3.8) is 0 Å². The first-order chi connectivity index (χ1) is 15.8. The molecule has 4 rings (SSSR count). The van der Waals surface area contributed by atoms with Crippen molar-refractivity contribution in [2.45, 2.75) is 59.3 Å². The van der Waals surface area contributed by atoms with Crippen LogP contribution < -0.4 is 0 Å². The highest BCUT2D eigenvalue weighted by Gasteiger charge is 2.13. The van der Waals surface area contributed by atoms with E-state index in [9.17, 15) is 9.18 Å². The standard InChI is InChI=1S/C8H6ClN.C8H9F.C6H13N.C6H10O/c1-6-2-3-7(5-10)8(9)4-6;1-2-7-5-3-4-6-8(7)9;1-6-3-4-7(2)5-6;7-5-6-3-1-2-4-6/h2-4H,1H3;3-6H,2H2,1H3;6H,3-5H2,1-2H3;5-6H,1-4H2. The Hall–Kier alpha value is -2.22. The Bertz CT molecular complexity index is 866. The van der Waals surface area contributed by atoms with Crippen LogP contribution in [0, 0.1) is 35.9 Å². The third kappa shape index (κ3) is 12.0. The van der Waals surface area contributed by atoms with Crippen molar-refractivity contribution in [3.8, 4) is 6.07 Å². The van der Waals surface area contributed by atoms with E-state index < -0.39 is 0 Å². The van der Waals surface area contributed by atoms with Crippen LogP contribution in [0.25, 0.3) is 0 Å². The van der Waals surface area contributed by atoms with Crippen molar-refractivity contribution in [2.75, 3.05) is 20.1 Å². The second-order valence-electron chi connectivity index (χ2n) is 8.88. The number of carbonyl (C=O) groups excluding carboxylic acids is 1. The molecule has 0 spiro atoms. The lowest BCUT2D eigenvalue weighted by atomic mass is 10.1. The van der Waals surface area contributed by atoms with Gasteiger partial charge in [-0.25, -0.2) is 4.39 Å². The zero-order chi connectivity index (χ0) is 24.6. The predicted octanol–water partition coefficient (Wildman–Crippen LogP) is 7.24. The van der Waals surface area contributed by atoms with E-state index in [0.717, 1.165) is 42.6 Å². The quantitative estimate of drug-likeness (QED) is 0.432. The molecule has 1 heterocycles. The summed E-state index contributed by atoms with van der Waals surface area (Å²) in [6.07, 6.45) is 8.08. The zero-order valence-electron chi connectivity index (χ0n) is 20.5. The molecule has 2 fully saturated rings. The van der Waals surface area contributed by atoms with E-state index in [0.29, 0.717) is 16.5 Å². The number of hydrogen-bond acceptors (Lipinski definition) is 3. The summed E-state index contributed by atoms with van der Waals surface area (Å²) in [4.78, 5) is 12.4. The highest BCUT2D eigenvalue weighted by atomic mass is 35.5. The van der Waals surface area contributed by atoms with Gasteiger partial charge in [0, 0.05) is 12.5 Å². The molecule has 2 aliphatic rings. The molecule has 180 valence electrons.